The second-order valence-corrected chi connectivity index (χ2v) is 2.58. The first kappa shape index (κ1) is 9.67. The maximum Gasteiger partial charge on any atom is 0.393 e. The van der Waals surface area contributed by atoms with Gasteiger partial charge in [0.15, 0.2) is 0 Å². The second-order valence-electron chi connectivity index (χ2n) is 2.58. The Hall–Kier alpha value is -1.42. The van der Waals surface area contributed by atoms with Crippen LogP contribution in [0, 0.1) is 12.9 Å². The molecule has 13 heavy (non-hydrogen) atoms. The monoisotopic (exact) mass is 182 g/mol. The summed E-state index contributed by atoms with van der Waals surface area (Å²) in [6.07, 6.45) is 0. The summed E-state index contributed by atoms with van der Waals surface area (Å²) in [7, 11) is 4.91. The van der Waals surface area contributed by atoms with Crippen molar-refractivity contribution in [3.8, 4) is 0 Å². The smallest absolute Gasteiger partial charge is 0.393 e. The predicted octanol–water partition coefficient (Wildman–Crippen LogP) is 0.737. The molecule has 0 aliphatic rings. The molecule has 3 nitrogen and oxygen atoms in total. The van der Waals surface area contributed by atoms with E-state index in [1.807, 2.05) is 0 Å². The van der Waals surface area contributed by atoms with Crippen LogP contribution in [-0.4, -0.2) is 13.1 Å². The highest BCUT2D eigenvalue weighted by molar-refractivity contribution is 5.84. The number of nitrogens with two attached hydrogens (primary N) is 1. The molecule has 0 spiro atoms. The Bertz CT molecular complexity index is 314. The number of benzene rings is 1. The molecular weight excluding hydrogens is 171 g/mol. The minimum Gasteiger partial charge on any atom is -0.394 e. The maximum absolute atomic E-state index is 12.7. The third-order valence-electron chi connectivity index (χ3n) is 1.70. The Morgan fingerprint density at radius 3 is 2.85 bits per heavy atom. The van der Waals surface area contributed by atoms with Gasteiger partial charge in [0.1, 0.15) is 5.82 Å². The van der Waals surface area contributed by atoms with Crippen LogP contribution in [-0.2, 0) is 0 Å². The largest absolute Gasteiger partial charge is 0.394 e. The molecule has 70 valence electrons. The summed E-state index contributed by atoms with van der Waals surface area (Å²) >= 11 is 0. The van der Waals surface area contributed by atoms with E-state index in [1.54, 1.807) is 19.2 Å². The summed E-state index contributed by atoms with van der Waals surface area (Å²) in [6, 6.07) is 5.57. The van der Waals surface area contributed by atoms with E-state index in [9.17, 15) is 9.18 Å². The van der Waals surface area contributed by atoms with Gasteiger partial charge in [-0.15, -0.1) is 7.05 Å². The molecule has 0 heterocycles. The van der Waals surface area contributed by atoms with Crippen LogP contribution in [0.2, 0.25) is 0 Å². The average Bonchev–Trinajstić information content (AvgIpc) is 2.15. The van der Waals surface area contributed by atoms with Gasteiger partial charge in [-0.2, -0.15) is 0 Å². The minimum absolute atomic E-state index is 0.259. The summed E-state index contributed by atoms with van der Waals surface area (Å²) in [5, 5.41) is 1.19. The summed E-state index contributed by atoms with van der Waals surface area (Å²) in [6.45, 7) is 0. The number of anilines is 1. The summed E-state index contributed by atoms with van der Waals surface area (Å²) in [5.74, 6) is -0.360. The van der Waals surface area contributed by atoms with Crippen molar-refractivity contribution < 1.29 is 14.5 Å². The van der Waals surface area contributed by atoms with Crippen molar-refractivity contribution in [2.24, 2.45) is 0 Å². The van der Waals surface area contributed by atoms with Crippen molar-refractivity contribution in [2.75, 3.05) is 11.9 Å². The van der Waals surface area contributed by atoms with E-state index in [-0.39, 0.29) is 11.8 Å². The lowest BCUT2D eigenvalue weighted by atomic mass is 10.3. The number of halogens is 1. The molecule has 0 aromatic heterocycles. The van der Waals surface area contributed by atoms with Crippen molar-refractivity contribution in [3.05, 3.63) is 37.1 Å². The summed E-state index contributed by atoms with van der Waals surface area (Å²) in [5.41, 5.74) is 0.518. The molecule has 0 fully saturated rings. The molecule has 1 rings (SSSR count). The Kier molecular flexibility index (Phi) is 2.97. The van der Waals surface area contributed by atoms with E-state index in [4.69, 9.17) is 0 Å². The highest BCUT2D eigenvalue weighted by Gasteiger charge is 2.10. The van der Waals surface area contributed by atoms with Gasteiger partial charge in [-0.25, -0.2) is 9.18 Å². The summed E-state index contributed by atoms with van der Waals surface area (Å²) < 4.78 is 12.7. The molecule has 0 aliphatic carbocycles. The van der Waals surface area contributed by atoms with Crippen LogP contribution in [0.3, 0.4) is 0 Å². The number of hydrogen-bond donors (Lipinski definition) is 1. The molecule has 0 aliphatic heterocycles. The average molecular weight is 182 g/mol. The van der Waals surface area contributed by atoms with Crippen LogP contribution < -0.4 is 10.2 Å². The molecule has 1 aromatic carbocycles. The van der Waals surface area contributed by atoms with E-state index in [0.29, 0.717) is 5.69 Å². The lowest BCUT2D eigenvalue weighted by Gasteiger charge is -2.14. The molecule has 2 N–H and O–H groups in total. The number of carbonyl (C=O) groups excluding carboxylic acids is 1. The van der Waals surface area contributed by atoms with E-state index in [1.165, 1.54) is 22.3 Å². The van der Waals surface area contributed by atoms with Crippen molar-refractivity contribution >= 4 is 11.7 Å². The fraction of sp³-hybridized carbons (Fsp3) is 0.111. The van der Waals surface area contributed by atoms with Gasteiger partial charge in [0.05, 0.1) is 5.69 Å². The third-order valence-corrected chi connectivity index (χ3v) is 1.70. The second kappa shape index (κ2) is 4.00. The zero-order chi connectivity index (χ0) is 9.84. The number of amides is 2. The highest BCUT2D eigenvalue weighted by Crippen LogP contribution is 2.12. The van der Waals surface area contributed by atoms with Gasteiger partial charge < -0.3 is 5.32 Å². The predicted molar refractivity (Wildman–Crippen MR) is 47.5 cm³/mol. The molecule has 0 unspecified atom stereocenters. The third kappa shape index (κ3) is 2.26. The number of quaternary nitrogens is 1. The number of hydrogen-bond acceptors (Lipinski definition) is 1. The fourth-order valence-electron chi connectivity index (χ4n) is 0.949. The van der Waals surface area contributed by atoms with E-state index in [2.05, 4.69) is 7.05 Å². The number of nitrogens with zero attached hydrogens (tertiary/aromatic N) is 1. The van der Waals surface area contributed by atoms with Gasteiger partial charge in [0.25, 0.3) is 0 Å². The molecule has 2 amide bonds. The maximum atomic E-state index is 12.7. The molecule has 4 heteroatoms. The molecule has 0 bridgehead atoms. The zero-order valence-electron chi connectivity index (χ0n) is 7.33. The van der Waals surface area contributed by atoms with Gasteiger partial charge >= 0.3 is 6.03 Å². The summed E-state index contributed by atoms with van der Waals surface area (Å²) in [4.78, 5) is 12.4. The Labute approximate surface area is 76.2 Å². The number of urea groups is 1. The van der Waals surface area contributed by atoms with E-state index >= 15 is 0 Å². The first-order chi connectivity index (χ1) is 6.15. The van der Waals surface area contributed by atoms with Crippen molar-refractivity contribution in [1.82, 2.24) is 0 Å². The minimum atomic E-state index is -0.360. The highest BCUT2D eigenvalue weighted by atomic mass is 19.1. The van der Waals surface area contributed by atoms with Gasteiger partial charge in [-0.3, -0.25) is 4.90 Å². The van der Waals surface area contributed by atoms with Crippen LogP contribution in [0.4, 0.5) is 14.9 Å². The molecule has 0 saturated heterocycles. The number of rotatable bonds is 1. The van der Waals surface area contributed by atoms with Crippen molar-refractivity contribution in [3.63, 3.8) is 0 Å². The fourth-order valence-corrected chi connectivity index (χ4v) is 0.949. The Morgan fingerprint density at radius 2 is 2.31 bits per heavy atom. The molecule has 1 aromatic rings. The molecular formula is C9H11FN2O. The Morgan fingerprint density at radius 1 is 1.62 bits per heavy atom. The van der Waals surface area contributed by atoms with Crippen LogP contribution in [0.5, 0.6) is 0 Å². The quantitative estimate of drug-likeness (QED) is 0.639. The van der Waals surface area contributed by atoms with Gasteiger partial charge in [-0.05, 0) is 18.2 Å². The van der Waals surface area contributed by atoms with Gasteiger partial charge in [0, 0.05) is 7.05 Å². The van der Waals surface area contributed by atoms with Crippen LogP contribution in [0.15, 0.2) is 24.3 Å². The van der Waals surface area contributed by atoms with Gasteiger partial charge in [-0.1, -0.05) is 6.07 Å². The van der Waals surface area contributed by atoms with E-state index < -0.39 is 0 Å². The SMILES string of the molecule is [CH2-][NH2+]C(=O)N(C)c1cccc(F)c1. The first-order valence-corrected chi connectivity index (χ1v) is 3.81. The van der Waals surface area contributed by atoms with Crippen LogP contribution >= 0.6 is 0 Å². The van der Waals surface area contributed by atoms with Crippen LogP contribution in [0.1, 0.15) is 0 Å². The lowest BCUT2D eigenvalue weighted by molar-refractivity contribution is -0.487. The standard InChI is InChI=1S/C9H11FN2O/c1-11-9(13)12(2)8-5-3-4-7(10)6-8/h3-6H,1,11H2,2H3. The number of primary amides is 1. The number of carbonyl (C=O) groups is 1. The van der Waals surface area contributed by atoms with Crippen molar-refractivity contribution in [1.29, 1.82) is 0 Å². The zero-order valence-corrected chi connectivity index (χ0v) is 7.33. The normalized spacial score (nSPS) is 9.77. The van der Waals surface area contributed by atoms with Crippen molar-refractivity contribution in [2.45, 2.75) is 0 Å². The molecule has 0 saturated carbocycles. The van der Waals surface area contributed by atoms with Crippen LogP contribution in [0.25, 0.3) is 0 Å². The van der Waals surface area contributed by atoms with Gasteiger partial charge in [0.2, 0.25) is 0 Å². The topological polar surface area (TPSA) is 36.9 Å². The van der Waals surface area contributed by atoms with E-state index in [0.717, 1.165) is 0 Å². The first-order valence-electron chi connectivity index (χ1n) is 3.81. The molecule has 0 radical (unpaired) electrons. The Balaban J connectivity index is 2.88. The molecule has 0 atom stereocenters. The lowest BCUT2D eigenvalue weighted by Crippen LogP contribution is -2.84.